The lowest BCUT2D eigenvalue weighted by molar-refractivity contribution is 0.0350. The summed E-state index contributed by atoms with van der Waals surface area (Å²) in [5, 5.41) is 10.5. The van der Waals surface area contributed by atoms with Gasteiger partial charge in [0.05, 0.1) is 11.8 Å². The summed E-state index contributed by atoms with van der Waals surface area (Å²) in [6.07, 6.45) is 2.90. The van der Waals surface area contributed by atoms with Crippen molar-refractivity contribution in [2.45, 2.75) is 25.4 Å². The molecule has 1 aromatic rings. The van der Waals surface area contributed by atoms with Crippen molar-refractivity contribution in [1.29, 1.82) is 0 Å². The molecule has 0 saturated carbocycles. The third kappa shape index (κ3) is 2.56. The lowest BCUT2D eigenvalue weighted by Gasteiger charge is -2.36. The number of aromatic nitrogens is 2. The number of piperidine rings is 1. The number of nitrogens with zero attached hydrogens (tertiary/aromatic N) is 3. The van der Waals surface area contributed by atoms with E-state index in [0.717, 1.165) is 13.1 Å². The maximum Gasteiger partial charge on any atom is 0.224 e. The minimum atomic E-state index is -0.584. The van der Waals surface area contributed by atoms with E-state index in [9.17, 15) is 5.11 Å². The van der Waals surface area contributed by atoms with Crippen LogP contribution >= 0.6 is 23.2 Å². The summed E-state index contributed by atoms with van der Waals surface area (Å²) in [4.78, 5) is 9.94. The third-order valence-corrected chi connectivity index (χ3v) is 3.29. The van der Waals surface area contributed by atoms with E-state index in [0.29, 0.717) is 23.7 Å². The van der Waals surface area contributed by atoms with E-state index in [4.69, 9.17) is 23.2 Å². The number of hydrogen-bond donors (Lipinski definition) is 1. The Morgan fingerprint density at radius 1 is 1.38 bits per heavy atom. The first-order valence-corrected chi connectivity index (χ1v) is 5.89. The molecule has 1 N–H and O–H groups in total. The van der Waals surface area contributed by atoms with E-state index in [-0.39, 0.29) is 5.28 Å². The molecule has 0 unspecified atom stereocenters. The molecule has 1 saturated heterocycles. The number of anilines is 1. The van der Waals surface area contributed by atoms with Gasteiger partial charge in [0.25, 0.3) is 0 Å². The Morgan fingerprint density at radius 2 is 2.00 bits per heavy atom. The van der Waals surface area contributed by atoms with Crippen LogP contribution in [0.25, 0.3) is 0 Å². The first kappa shape index (κ1) is 11.9. The van der Waals surface area contributed by atoms with Crippen LogP contribution in [-0.2, 0) is 0 Å². The summed E-state index contributed by atoms with van der Waals surface area (Å²) in [5.74, 6) is 0.650. The fraction of sp³-hybridized carbons (Fsp3) is 0.600. The van der Waals surface area contributed by atoms with Gasteiger partial charge in [-0.15, -0.1) is 0 Å². The first-order valence-electron chi connectivity index (χ1n) is 5.13. The Labute approximate surface area is 104 Å². The van der Waals surface area contributed by atoms with Crippen LogP contribution in [0.4, 0.5) is 5.82 Å². The van der Waals surface area contributed by atoms with Gasteiger partial charge in [0, 0.05) is 13.1 Å². The maximum atomic E-state index is 9.84. The standard InChI is InChI=1S/C10H13Cl2N3O/c1-10(16)2-4-15(5-3-10)8-7(11)6-13-9(12)14-8/h6,16H,2-5H2,1H3. The van der Waals surface area contributed by atoms with Crippen LogP contribution in [0.15, 0.2) is 6.20 Å². The molecule has 1 aromatic heterocycles. The molecule has 1 aliphatic rings. The molecule has 88 valence electrons. The van der Waals surface area contributed by atoms with Gasteiger partial charge in [-0.05, 0) is 31.4 Å². The molecule has 4 nitrogen and oxygen atoms in total. The SMILES string of the molecule is CC1(O)CCN(c2nc(Cl)ncc2Cl)CC1. The van der Waals surface area contributed by atoms with Gasteiger partial charge in [-0.2, -0.15) is 4.98 Å². The monoisotopic (exact) mass is 261 g/mol. The molecule has 0 spiro atoms. The van der Waals surface area contributed by atoms with E-state index < -0.39 is 5.60 Å². The van der Waals surface area contributed by atoms with Crippen LogP contribution in [0.2, 0.25) is 10.3 Å². The van der Waals surface area contributed by atoms with Crippen LogP contribution in [0.5, 0.6) is 0 Å². The normalized spacial score (nSPS) is 19.9. The van der Waals surface area contributed by atoms with Gasteiger partial charge in [0.2, 0.25) is 5.28 Å². The second kappa shape index (κ2) is 4.35. The molecule has 16 heavy (non-hydrogen) atoms. The van der Waals surface area contributed by atoms with Crippen molar-refractivity contribution in [1.82, 2.24) is 9.97 Å². The Hall–Kier alpha value is -0.580. The molecule has 0 aliphatic carbocycles. The highest BCUT2D eigenvalue weighted by atomic mass is 35.5. The zero-order chi connectivity index (χ0) is 11.8. The zero-order valence-electron chi connectivity index (χ0n) is 8.95. The summed E-state index contributed by atoms with van der Waals surface area (Å²) in [6.45, 7) is 3.29. The molecule has 0 aromatic carbocycles. The predicted molar refractivity (Wildman–Crippen MR) is 64.1 cm³/mol. The van der Waals surface area contributed by atoms with E-state index >= 15 is 0 Å². The van der Waals surface area contributed by atoms with E-state index in [1.807, 2.05) is 11.8 Å². The lowest BCUT2D eigenvalue weighted by atomic mass is 9.94. The van der Waals surface area contributed by atoms with Crippen molar-refractivity contribution in [3.63, 3.8) is 0 Å². The third-order valence-electron chi connectivity index (χ3n) is 2.84. The second-order valence-electron chi connectivity index (χ2n) is 4.29. The van der Waals surface area contributed by atoms with Gasteiger partial charge in [-0.1, -0.05) is 11.6 Å². The summed E-state index contributed by atoms with van der Waals surface area (Å²) < 4.78 is 0. The lowest BCUT2D eigenvalue weighted by Crippen LogP contribution is -2.42. The van der Waals surface area contributed by atoms with E-state index in [1.54, 1.807) is 0 Å². The molecular formula is C10H13Cl2N3O. The highest BCUT2D eigenvalue weighted by molar-refractivity contribution is 6.33. The van der Waals surface area contributed by atoms with Gasteiger partial charge in [0.15, 0.2) is 5.82 Å². The van der Waals surface area contributed by atoms with Crippen LogP contribution < -0.4 is 4.90 Å². The van der Waals surface area contributed by atoms with Crippen molar-refractivity contribution >= 4 is 29.0 Å². The van der Waals surface area contributed by atoms with Crippen LogP contribution in [0.1, 0.15) is 19.8 Å². The summed E-state index contributed by atoms with van der Waals surface area (Å²) in [5.41, 5.74) is -0.584. The fourth-order valence-corrected chi connectivity index (χ4v) is 2.10. The molecule has 0 atom stereocenters. The van der Waals surface area contributed by atoms with Crippen molar-refractivity contribution in [3.8, 4) is 0 Å². The predicted octanol–water partition coefficient (Wildman–Crippen LogP) is 2.13. The van der Waals surface area contributed by atoms with Crippen molar-refractivity contribution < 1.29 is 5.11 Å². The molecule has 0 bridgehead atoms. The van der Waals surface area contributed by atoms with Gasteiger partial charge < -0.3 is 10.0 Å². The highest BCUT2D eigenvalue weighted by Gasteiger charge is 2.28. The zero-order valence-corrected chi connectivity index (χ0v) is 10.5. The molecule has 1 fully saturated rings. The van der Waals surface area contributed by atoms with Crippen LogP contribution in [-0.4, -0.2) is 33.8 Å². The average Bonchev–Trinajstić information content (AvgIpc) is 2.22. The second-order valence-corrected chi connectivity index (χ2v) is 5.04. The number of halogens is 2. The van der Waals surface area contributed by atoms with E-state index in [2.05, 4.69) is 9.97 Å². The Balaban J connectivity index is 2.17. The Bertz CT molecular complexity index is 388. The Kier molecular flexibility index (Phi) is 3.24. The molecule has 2 rings (SSSR count). The van der Waals surface area contributed by atoms with Gasteiger partial charge >= 0.3 is 0 Å². The number of rotatable bonds is 1. The van der Waals surface area contributed by atoms with Crippen LogP contribution in [0.3, 0.4) is 0 Å². The summed E-state index contributed by atoms with van der Waals surface area (Å²) >= 11 is 11.7. The maximum absolute atomic E-state index is 9.84. The van der Waals surface area contributed by atoms with Crippen molar-refractivity contribution in [2.75, 3.05) is 18.0 Å². The number of aliphatic hydroxyl groups is 1. The van der Waals surface area contributed by atoms with Gasteiger partial charge in [0.1, 0.15) is 5.02 Å². The first-order chi connectivity index (χ1) is 7.48. The fourth-order valence-electron chi connectivity index (χ4n) is 1.76. The van der Waals surface area contributed by atoms with E-state index in [1.165, 1.54) is 6.20 Å². The van der Waals surface area contributed by atoms with Crippen molar-refractivity contribution in [2.24, 2.45) is 0 Å². The number of hydrogen-bond acceptors (Lipinski definition) is 4. The molecule has 6 heteroatoms. The minimum Gasteiger partial charge on any atom is -0.390 e. The summed E-state index contributed by atoms with van der Waals surface area (Å²) in [6, 6.07) is 0. The smallest absolute Gasteiger partial charge is 0.224 e. The van der Waals surface area contributed by atoms with Gasteiger partial charge in [-0.3, -0.25) is 0 Å². The Morgan fingerprint density at radius 3 is 2.62 bits per heavy atom. The van der Waals surface area contributed by atoms with Crippen LogP contribution in [0, 0.1) is 0 Å². The molecular weight excluding hydrogens is 249 g/mol. The largest absolute Gasteiger partial charge is 0.390 e. The van der Waals surface area contributed by atoms with Crippen molar-refractivity contribution in [3.05, 3.63) is 16.5 Å². The molecule has 0 radical (unpaired) electrons. The quantitative estimate of drug-likeness (QED) is 0.788. The van der Waals surface area contributed by atoms with Gasteiger partial charge in [-0.25, -0.2) is 4.98 Å². The molecule has 1 aliphatic heterocycles. The highest BCUT2D eigenvalue weighted by Crippen LogP contribution is 2.29. The molecule has 0 amide bonds. The average molecular weight is 262 g/mol. The topological polar surface area (TPSA) is 49.2 Å². The minimum absolute atomic E-state index is 0.191. The summed E-state index contributed by atoms with van der Waals surface area (Å²) in [7, 11) is 0. The molecule has 2 heterocycles.